The van der Waals surface area contributed by atoms with Crippen molar-refractivity contribution >= 4 is 18.0 Å². The Bertz CT molecular complexity index is 667. The second-order valence-electron chi connectivity index (χ2n) is 6.42. The van der Waals surface area contributed by atoms with Crippen LogP contribution in [0.15, 0.2) is 30.3 Å². The Morgan fingerprint density at radius 2 is 1.85 bits per heavy atom. The first-order valence-electron chi connectivity index (χ1n) is 8.79. The summed E-state index contributed by atoms with van der Waals surface area (Å²) in [5, 5.41) is 14.2. The Morgan fingerprint density at radius 1 is 1.19 bits per heavy atom. The molecule has 0 fully saturated rings. The molecule has 1 rings (SSSR count). The zero-order valence-corrected chi connectivity index (χ0v) is 15.6. The van der Waals surface area contributed by atoms with Gasteiger partial charge >= 0.3 is 12.1 Å². The molecule has 27 heavy (non-hydrogen) atoms. The molecule has 0 aliphatic carbocycles. The SMILES string of the molecule is C#CCCC[C@H](NC(=O)[C@@H](NC(=O)OCc1ccccc1)C(C)C)C(=O)O. The van der Waals surface area contributed by atoms with E-state index in [0.717, 1.165) is 5.56 Å². The van der Waals surface area contributed by atoms with Crippen LogP contribution in [-0.2, 0) is 20.9 Å². The van der Waals surface area contributed by atoms with E-state index >= 15 is 0 Å². The van der Waals surface area contributed by atoms with Gasteiger partial charge in [0.1, 0.15) is 18.7 Å². The number of nitrogens with one attached hydrogen (secondary N) is 2. The van der Waals surface area contributed by atoms with E-state index in [1.807, 2.05) is 30.3 Å². The molecule has 1 aromatic carbocycles. The van der Waals surface area contributed by atoms with E-state index < -0.39 is 30.1 Å². The lowest BCUT2D eigenvalue weighted by Gasteiger charge is -2.23. The summed E-state index contributed by atoms with van der Waals surface area (Å²) in [6, 6.07) is 7.16. The van der Waals surface area contributed by atoms with Crippen LogP contribution >= 0.6 is 0 Å². The molecule has 7 heteroatoms. The number of carboxylic acids is 1. The van der Waals surface area contributed by atoms with Crippen molar-refractivity contribution in [2.45, 2.75) is 51.8 Å². The van der Waals surface area contributed by atoms with Gasteiger partial charge < -0.3 is 20.5 Å². The quantitative estimate of drug-likeness (QED) is 0.431. The number of carboxylic acid groups (broad SMARTS) is 1. The summed E-state index contributed by atoms with van der Waals surface area (Å²) in [4.78, 5) is 35.8. The molecule has 0 heterocycles. The first-order valence-corrected chi connectivity index (χ1v) is 8.79. The van der Waals surface area contributed by atoms with Gasteiger partial charge in [0.25, 0.3) is 0 Å². The van der Waals surface area contributed by atoms with Gasteiger partial charge in [-0.2, -0.15) is 0 Å². The molecule has 0 spiro atoms. The van der Waals surface area contributed by atoms with Gasteiger partial charge in [0.05, 0.1) is 0 Å². The monoisotopic (exact) mass is 374 g/mol. The van der Waals surface area contributed by atoms with Crippen LogP contribution in [0.3, 0.4) is 0 Å². The first-order chi connectivity index (χ1) is 12.8. The molecule has 2 atom stereocenters. The van der Waals surface area contributed by atoms with Crippen molar-refractivity contribution in [2.75, 3.05) is 0 Å². The molecule has 2 amide bonds. The molecule has 0 aliphatic heterocycles. The second-order valence-corrected chi connectivity index (χ2v) is 6.42. The van der Waals surface area contributed by atoms with Gasteiger partial charge in [-0.15, -0.1) is 12.3 Å². The maximum Gasteiger partial charge on any atom is 0.408 e. The highest BCUT2D eigenvalue weighted by Gasteiger charge is 2.28. The number of benzene rings is 1. The van der Waals surface area contributed by atoms with Gasteiger partial charge in [-0.05, 0) is 24.3 Å². The zero-order chi connectivity index (χ0) is 20.2. The van der Waals surface area contributed by atoms with E-state index in [9.17, 15) is 19.5 Å². The molecule has 0 unspecified atom stereocenters. The third-order valence-corrected chi connectivity index (χ3v) is 3.86. The summed E-state index contributed by atoms with van der Waals surface area (Å²) in [7, 11) is 0. The minimum Gasteiger partial charge on any atom is -0.480 e. The molecule has 0 saturated carbocycles. The fraction of sp³-hybridized carbons (Fsp3) is 0.450. The van der Waals surface area contributed by atoms with Crippen LogP contribution in [0.5, 0.6) is 0 Å². The number of terminal acetylenes is 1. The maximum absolute atomic E-state index is 12.5. The van der Waals surface area contributed by atoms with Gasteiger partial charge in [0.2, 0.25) is 5.91 Å². The fourth-order valence-electron chi connectivity index (χ4n) is 2.35. The molecular weight excluding hydrogens is 348 g/mol. The normalized spacial score (nSPS) is 12.5. The third kappa shape index (κ3) is 8.27. The van der Waals surface area contributed by atoms with Gasteiger partial charge in [-0.1, -0.05) is 44.2 Å². The van der Waals surface area contributed by atoms with Crippen molar-refractivity contribution in [3.63, 3.8) is 0 Å². The molecule has 146 valence electrons. The highest BCUT2D eigenvalue weighted by Crippen LogP contribution is 2.07. The number of hydrogen-bond donors (Lipinski definition) is 3. The number of aliphatic carboxylic acids is 1. The predicted octanol–water partition coefficient (Wildman–Crippen LogP) is 2.31. The number of amides is 2. The minimum atomic E-state index is -1.14. The predicted molar refractivity (Wildman–Crippen MR) is 101 cm³/mol. The molecule has 1 aromatic rings. The molecule has 0 aromatic heterocycles. The molecule has 3 N–H and O–H groups in total. The lowest BCUT2D eigenvalue weighted by molar-refractivity contribution is -0.142. The molecule has 0 saturated heterocycles. The highest BCUT2D eigenvalue weighted by molar-refractivity contribution is 5.89. The van der Waals surface area contributed by atoms with E-state index in [2.05, 4.69) is 16.6 Å². The number of carbonyl (C=O) groups is 3. The number of unbranched alkanes of at least 4 members (excludes halogenated alkanes) is 1. The smallest absolute Gasteiger partial charge is 0.408 e. The van der Waals surface area contributed by atoms with Crippen molar-refractivity contribution in [3.8, 4) is 12.3 Å². The number of alkyl carbamates (subject to hydrolysis) is 1. The number of ether oxygens (including phenoxy) is 1. The third-order valence-electron chi connectivity index (χ3n) is 3.86. The number of hydrogen-bond acceptors (Lipinski definition) is 4. The van der Waals surface area contributed by atoms with Crippen molar-refractivity contribution in [1.82, 2.24) is 10.6 Å². The Balaban J connectivity index is 2.61. The topological polar surface area (TPSA) is 105 Å². The van der Waals surface area contributed by atoms with Crippen LogP contribution in [0.25, 0.3) is 0 Å². The Kier molecular flexibility index (Phi) is 9.45. The average molecular weight is 374 g/mol. The van der Waals surface area contributed by atoms with E-state index in [-0.39, 0.29) is 18.9 Å². The summed E-state index contributed by atoms with van der Waals surface area (Å²) in [5.41, 5.74) is 0.817. The molecule has 7 nitrogen and oxygen atoms in total. The lowest BCUT2D eigenvalue weighted by atomic mass is 10.0. The molecule has 0 radical (unpaired) electrons. The largest absolute Gasteiger partial charge is 0.480 e. The lowest BCUT2D eigenvalue weighted by Crippen LogP contribution is -2.53. The standard InChI is InChI=1S/C20H26N2O5/c1-4-5-7-12-16(19(24)25)21-18(23)17(14(2)3)22-20(26)27-13-15-10-8-6-9-11-15/h1,6,8-11,14,16-17H,5,7,12-13H2,2-3H3,(H,21,23)(H,22,26)(H,24,25)/t16-,17-/m0/s1. The van der Waals surface area contributed by atoms with E-state index in [4.69, 9.17) is 11.2 Å². The maximum atomic E-state index is 12.5. The molecular formula is C20H26N2O5. The Morgan fingerprint density at radius 3 is 2.41 bits per heavy atom. The average Bonchev–Trinajstić information content (AvgIpc) is 2.64. The molecule has 0 aliphatic rings. The van der Waals surface area contributed by atoms with Gasteiger partial charge in [0.15, 0.2) is 0 Å². The number of rotatable bonds is 10. The second kappa shape index (κ2) is 11.6. The fourth-order valence-corrected chi connectivity index (χ4v) is 2.35. The van der Waals surface area contributed by atoms with Crippen LogP contribution in [0, 0.1) is 18.3 Å². The van der Waals surface area contributed by atoms with Crippen molar-refractivity contribution in [2.24, 2.45) is 5.92 Å². The summed E-state index contributed by atoms with van der Waals surface area (Å²) in [5.74, 6) is 0.457. The van der Waals surface area contributed by atoms with E-state index in [0.29, 0.717) is 12.8 Å². The van der Waals surface area contributed by atoms with Crippen molar-refractivity contribution < 1.29 is 24.2 Å². The van der Waals surface area contributed by atoms with Crippen molar-refractivity contribution in [1.29, 1.82) is 0 Å². The van der Waals surface area contributed by atoms with Crippen LogP contribution in [0.2, 0.25) is 0 Å². The van der Waals surface area contributed by atoms with Gasteiger partial charge in [-0.25, -0.2) is 9.59 Å². The summed E-state index contributed by atoms with van der Waals surface area (Å²) >= 11 is 0. The summed E-state index contributed by atoms with van der Waals surface area (Å²) < 4.78 is 5.12. The van der Waals surface area contributed by atoms with Crippen LogP contribution in [0.4, 0.5) is 4.79 Å². The summed E-state index contributed by atoms with van der Waals surface area (Å²) in [6.07, 6.45) is 5.54. The summed E-state index contributed by atoms with van der Waals surface area (Å²) in [6.45, 7) is 3.56. The van der Waals surface area contributed by atoms with E-state index in [1.165, 1.54) is 0 Å². The first kappa shape index (κ1) is 22.0. The van der Waals surface area contributed by atoms with E-state index in [1.54, 1.807) is 13.8 Å². The highest BCUT2D eigenvalue weighted by atomic mass is 16.5. The van der Waals surface area contributed by atoms with Crippen LogP contribution in [-0.4, -0.2) is 35.2 Å². The van der Waals surface area contributed by atoms with Crippen LogP contribution in [0.1, 0.15) is 38.7 Å². The van der Waals surface area contributed by atoms with Gasteiger partial charge in [-0.3, -0.25) is 4.79 Å². The Labute approximate surface area is 159 Å². The molecule has 0 bridgehead atoms. The minimum absolute atomic E-state index is 0.0724. The zero-order valence-electron chi connectivity index (χ0n) is 15.6. The van der Waals surface area contributed by atoms with Crippen molar-refractivity contribution in [3.05, 3.63) is 35.9 Å². The Hall–Kier alpha value is -3.01. The van der Waals surface area contributed by atoms with Gasteiger partial charge in [0, 0.05) is 6.42 Å². The number of carbonyl (C=O) groups excluding carboxylic acids is 2. The van der Waals surface area contributed by atoms with Crippen LogP contribution < -0.4 is 10.6 Å².